The van der Waals surface area contributed by atoms with Crippen molar-refractivity contribution in [2.45, 2.75) is 6.42 Å². The van der Waals surface area contributed by atoms with Gasteiger partial charge in [0.05, 0.1) is 12.2 Å². The Balaban J connectivity index is 2.82. The van der Waals surface area contributed by atoms with Gasteiger partial charge < -0.3 is 14.4 Å². The minimum atomic E-state index is 0.0172. The van der Waals surface area contributed by atoms with Crippen molar-refractivity contribution >= 4 is 44.4 Å². The molecule has 1 amide bonds. The summed E-state index contributed by atoms with van der Waals surface area (Å²) in [5.41, 5.74) is 0.686. The maximum atomic E-state index is 12.6. The molecule has 1 aromatic carbocycles. The fourth-order valence-corrected chi connectivity index (χ4v) is 2.66. The van der Waals surface area contributed by atoms with Crippen LogP contribution in [0, 0.1) is 3.57 Å². The van der Waals surface area contributed by atoms with Crippen LogP contribution in [0.15, 0.2) is 22.7 Å². The molecule has 0 heterocycles. The number of hydrogen-bond acceptors (Lipinski definition) is 3. The van der Waals surface area contributed by atoms with Crippen molar-refractivity contribution in [3.8, 4) is 0 Å². The predicted molar refractivity (Wildman–Crippen MR) is 91.1 cm³/mol. The highest BCUT2D eigenvalue weighted by molar-refractivity contribution is 14.1. The van der Waals surface area contributed by atoms with Crippen molar-refractivity contribution in [1.82, 2.24) is 4.90 Å². The average Bonchev–Trinajstić information content (AvgIpc) is 2.44. The zero-order valence-electron chi connectivity index (χ0n) is 11.7. The van der Waals surface area contributed by atoms with Crippen LogP contribution in [0.5, 0.6) is 0 Å². The first-order chi connectivity index (χ1) is 9.60. The molecular formula is C14H19BrINO3. The van der Waals surface area contributed by atoms with Crippen molar-refractivity contribution in [2.24, 2.45) is 0 Å². The van der Waals surface area contributed by atoms with Gasteiger partial charge in [0.2, 0.25) is 0 Å². The van der Waals surface area contributed by atoms with Gasteiger partial charge in [-0.3, -0.25) is 4.79 Å². The van der Waals surface area contributed by atoms with Crippen LogP contribution in [-0.2, 0) is 9.47 Å². The summed E-state index contributed by atoms with van der Waals surface area (Å²) in [7, 11) is 3.30. The van der Waals surface area contributed by atoms with Crippen LogP contribution in [0.25, 0.3) is 0 Å². The average molecular weight is 456 g/mol. The molecule has 0 bridgehead atoms. The van der Waals surface area contributed by atoms with E-state index in [-0.39, 0.29) is 5.91 Å². The molecule has 1 rings (SSSR count). The van der Waals surface area contributed by atoms with E-state index in [0.717, 1.165) is 14.5 Å². The topological polar surface area (TPSA) is 38.8 Å². The molecule has 0 spiro atoms. The molecule has 0 aliphatic rings. The second-order valence-electron chi connectivity index (χ2n) is 4.26. The summed E-state index contributed by atoms with van der Waals surface area (Å²) in [6.45, 7) is 2.41. The number of rotatable bonds is 8. The number of nitrogens with zero attached hydrogens (tertiary/aromatic N) is 1. The molecule has 0 atom stereocenters. The van der Waals surface area contributed by atoms with Gasteiger partial charge in [-0.05, 0) is 63.1 Å². The molecule has 1 aromatic rings. The summed E-state index contributed by atoms with van der Waals surface area (Å²) in [6.07, 6.45) is 0.813. The first-order valence-electron chi connectivity index (χ1n) is 6.32. The fraction of sp³-hybridized carbons (Fsp3) is 0.500. The number of methoxy groups -OCH3 is 2. The van der Waals surface area contributed by atoms with Gasteiger partial charge in [0.1, 0.15) is 0 Å². The lowest BCUT2D eigenvalue weighted by Crippen LogP contribution is -2.35. The molecule has 4 nitrogen and oxygen atoms in total. The quantitative estimate of drug-likeness (QED) is 0.446. The summed E-state index contributed by atoms with van der Waals surface area (Å²) in [4.78, 5) is 14.4. The zero-order chi connectivity index (χ0) is 15.0. The van der Waals surface area contributed by atoms with Crippen LogP contribution in [0.3, 0.4) is 0 Å². The molecule has 20 heavy (non-hydrogen) atoms. The number of benzene rings is 1. The van der Waals surface area contributed by atoms with Crippen LogP contribution in [-0.4, -0.2) is 51.3 Å². The molecule has 0 fully saturated rings. The largest absolute Gasteiger partial charge is 0.385 e. The smallest absolute Gasteiger partial charge is 0.255 e. The summed E-state index contributed by atoms with van der Waals surface area (Å²) >= 11 is 5.65. The lowest BCUT2D eigenvalue weighted by Gasteiger charge is -2.23. The lowest BCUT2D eigenvalue weighted by atomic mass is 10.2. The summed E-state index contributed by atoms with van der Waals surface area (Å²) in [6, 6.07) is 5.76. The van der Waals surface area contributed by atoms with Crippen molar-refractivity contribution < 1.29 is 14.3 Å². The highest BCUT2D eigenvalue weighted by Crippen LogP contribution is 2.21. The number of carbonyl (C=O) groups is 1. The number of hydrogen-bond donors (Lipinski definition) is 0. The SMILES string of the molecule is COCCCN(CCOC)C(=O)c1cc(I)ccc1Br. The molecular weight excluding hydrogens is 437 g/mol. The van der Waals surface area contributed by atoms with Gasteiger partial charge in [0.25, 0.3) is 5.91 Å². The van der Waals surface area contributed by atoms with E-state index in [2.05, 4.69) is 38.5 Å². The third-order valence-corrected chi connectivity index (χ3v) is 4.15. The van der Waals surface area contributed by atoms with Crippen LogP contribution >= 0.6 is 38.5 Å². The van der Waals surface area contributed by atoms with Gasteiger partial charge in [0, 0.05) is 42.0 Å². The van der Waals surface area contributed by atoms with E-state index in [4.69, 9.17) is 9.47 Å². The monoisotopic (exact) mass is 455 g/mol. The Labute approximate surface area is 142 Å². The molecule has 0 aliphatic heterocycles. The fourth-order valence-electron chi connectivity index (χ4n) is 1.75. The van der Waals surface area contributed by atoms with Gasteiger partial charge >= 0.3 is 0 Å². The number of halogens is 2. The molecule has 0 saturated carbocycles. The van der Waals surface area contributed by atoms with E-state index in [1.807, 2.05) is 18.2 Å². The highest BCUT2D eigenvalue weighted by Gasteiger charge is 2.18. The maximum Gasteiger partial charge on any atom is 0.255 e. The molecule has 0 aromatic heterocycles. The van der Waals surface area contributed by atoms with Crippen LogP contribution < -0.4 is 0 Å². The van der Waals surface area contributed by atoms with Gasteiger partial charge in [-0.25, -0.2) is 0 Å². The Hall–Kier alpha value is -0.180. The molecule has 6 heteroatoms. The van der Waals surface area contributed by atoms with Crippen molar-refractivity contribution in [3.05, 3.63) is 31.8 Å². The molecule has 0 radical (unpaired) electrons. The summed E-state index contributed by atoms with van der Waals surface area (Å²) in [5.74, 6) is 0.0172. The Kier molecular flexibility index (Phi) is 8.67. The number of ether oxygens (including phenoxy) is 2. The summed E-state index contributed by atoms with van der Waals surface area (Å²) < 4.78 is 12.0. The van der Waals surface area contributed by atoms with E-state index >= 15 is 0 Å². The van der Waals surface area contributed by atoms with Crippen LogP contribution in [0.2, 0.25) is 0 Å². The number of carbonyl (C=O) groups excluding carboxylic acids is 1. The first kappa shape index (κ1) is 17.9. The molecule has 0 saturated heterocycles. The first-order valence-corrected chi connectivity index (χ1v) is 8.19. The van der Waals surface area contributed by atoms with Crippen molar-refractivity contribution in [3.63, 3.8) is 0 Å². The van der Waals surface area contributed by atoms with Crippen LogP contribution in [0.4, 0.5) is 0 Å². The van der Waals surface area contributed by atoms with E-state index < -0.39 is 0 Å². The second-order valence-corrected chi connectivity index (χ2v) is 6.36. The standard InChI is InChI=1S/C14H19BrINO3/c1-19-8-3-6-17(7-9-20-2)14(18)12-10-11(16)4-5-13(12)15/h4-5,10H,3,6-9H2,1-2H3. The summed E-state index contributed by atoms with van der Waals surface area (Å²) in [5, 5.41) is 0. The van der Waals surface area contributed by atoms with Crippen molar-refractivity contribution in [2.75, 3.05) is 40.5 Å². The van der Waals surface area contributed by atoms with E-state index in [1.54, 1.807) is 19.1 Å². The Morgan fingerprint density at radius 3 is 2.60 bits per heavy atom. The third-order valence-electron chi connectivity index (χ3n) is 2.79. The third kappa shape index (κ3) is 5.67. The Bertz CT molecular complexity index is 442. The van der Waals surface area contributed by atoms with Gasteiger partial charge in [-0.1, -0.05) is 0 Å². The Morgan fingerprint density at radius 2 is 1.95 bits per heavy atom. The normalized spacial score (nSPS) is 10.6. The number of amides is 1. The second kappa shape index (κ2) is 9.70. The molecule has 0 N–H and O–H groups in total. The highest BCUT2D eigenvalue weighted by atomic mass is 127. The van der Waals surface area contributed by atoms with E-state index in [9.17, 15) is 4.79 Å². The Morgan fingerprint density at radius 1 is 1.25 bits per heavy atom. The lowest BCUT2D eigenvalue weighted by molar-refractivity contribution is 0.0673. The molecule has 0 unspecified atom stereocenters. The van der Waals surface area contributed by atoms with Crippen LogP contribution in [0.1, 0.15) is 16.8 Å². The van der Waals surface area contributed by atoms with Gasteiger partial charge in [-0.2, -0.15) is 0 Å². The molecule has 112 valence electrons. The maximum absolute atomic E-state index is 12.6. The zero-order valence-corrected chi connectivity index (χ0v) is 15.4. The van der Waals surface area contributed by atoms with Crippen molar-refractivity contribution in [1.29, 1.82) is 0 Å². The minimum Gasteiger partial charge on any atom is -0.385 e. The predicted octanol–water partition coefficient (Wildman–Crippen LogP) is 3.18. The molecule has 0 aliphatic carbocycles. The van der Waals surface area contributed by atoms with E-state index in [0.29, 0.717) is 31.9 Å². The van der Waals surface area contributed by atoms with Gasteiger partial charge in [0.15, 0.2) is 0 Å². The minimum absolute atomic E-state index is 0.0172. The van der Waals surface area contributed by atoms with E-state index in [1.165, 1.54) is 0 Å². The van der Waals surface area contributed by atoms with Gasteiger partial charge in [-0.15, -0.1) is 0 Å².